The number of para-hydroxylation sites is 1. The van der Waals surface area contributed by atoms with Gasteiger partial charge in [0.05, 0.1) is 15.9 Å². The molecular weight excluding hydrogens is 452 g/mol. The van der Waals surface area contributed by atoms with Crippen molar-refractivity contribution >= 4 is 45.6 Å². The van der Waals surface area contributed by atoms with Crippen LogP contribution in [0, 0.1) is 6.92 Å². The van der Waals surface area contributed by atoms with Crippen LogP contribution in [0.3, 0.4) is 0 Å². The zero-order valence-electron chi connectivity index (χ0n) is 18.5. The van der Waals surface area contributed by atoms with E-state index in [2.05, 4.69) is 33.7 Å². The molecule has 5 rings (SSSR count). The first kappa shape index (κ1) is 23.4. The number of nitrogens with zero attached hydrogens (tertiary/aromatic N) is 2. The first-order valence-electron chi connectivity index (χ1n) is 11.0. The van der Waals surface area contributed by atoms with E-state index >= 15 is 0 Å². The molecule has 0 spiro atoms. The summed E-state index contributed by atoms with van der Waals surface area (Å²) >= 11 is 1.67. The summed E-state index contributed by atoms with van der Waals surface area (Å²) in [5, 5.41) is 7.41. The van der Waals surface area contributed by atoms with Crippen LogP contribution in [-0.4, -0.2) is 42.0 Å². The molecule has 3 aromatic carbocycles. The van der Waals surface area contributed by atoms with Gasteiger partial charge < -0.3 is 10.6 Å². The molecule has 1 saturated heterocycles. The minimum atomic E-state index is -0.102. The number of halogens is 1. The molecule has 33 heavy (non-hydrogen) atoms. The van der Waals surface area contributed by atoms with Crippen LogP contribution in [0.15, 0.2) is 66.7 Å². The lowest BCUT2D eigenvalue weighted by Crippen LogP contribution is -2.42. The van der Waals surface area contributed by atoms with Crippen molar-refractivity contribution in [3.63, 3.8) is 0 Å². The van der Waals surface area contributed by atoms with E-state index in [9.17, 15) is 4.79 Å². The van der Waals surface area contributed by atoms with Gasteiger partial charge in [0, 0.05) is 43.9 Å². The maximum absolute atomic E-state index is 12.9. The second-order valence-corrected chi connectivity index (χ2v) is 9.19. The molecule has 0 bridgehead atoms. The van der Waals surface area contributed by atoms with Gasteiger partial charge in [0.25, 0.3) is 5.91 Å². The minimum absolute atomic E-state index is 0. The Labute approximate surface area is 204 Å². The molecule has 0 atom stereocenters. The molecule has 0 saturated carbocycles. The molecule has 4 aromatic rings. The van der Waals surface area contributed by atoms with Crippen molar-refractivity contribution in [2.45, 2.75) is 13.5 Å². The van der Waals surface area contributed by atoms with Crippen LogP contribution in [-0.2, 0) is 6.54 Å². The van der Waals surface area contributed by atoms with Crippen LogP contribution in [0.25, 0.3) is 20.8 Å². The maximum Gasteiger partial charge on any atom is 0.255 e. The number of aromatic nitrogens is 1. The Morgan fingerprint density at radius 3 is 2.64 bits per heavy atom. The van der Waals surface area contributed by atoms with Gasteiger partial charge in [-0.05, 0) is 48.4 Å². The van der Waals surface area contributed by atoms with Crippen LogP contribution in [0.4, 0.5) is 5.69 Å². The van der Waals surface area contributed by atoms with Crippen LogP contribution in [0.1, 0.15) is 21.5 Å². The summed E-state index contributed by atoms with van der Waals surface area (Å²) < 4.78 is 1.17. The number of piperazine rings is 1. The number of aryl methyl sites for hydroxylation is 1. The molecule has 0 aliphatic carbocycles. The molecule has 1 aliphatic rings. The average molecular weight is 479 g/mol. The van der Waals surface area contributed by atoms with Crippen LogP contribution < -0.4 is 10.6 Å². The van der Waals surface area contributed by atoms with E-state index < -0.39 is 0 Å². The van der Waals surface area contributed by atoms with E-state index in [0.29, 0.717) is 5.56 Å². The van der Waals surface area contributed by atoms with Gasteiger partial charge in [-0.3, -0.25) is 9.69 Å². The molecule has 5 nitrogen and oxygen atoms in total. The van der Waals surface area contributed by atoms with Gasteiger partial charge in [0.1, 0.15) is 5.01 Å². The highest BCUT2D eigenvalue weighted by atomic mass is 35.5. The topological polar surface area (TPSA) is 57.3 Å². The van der Waals surface area contributed by atoms with Gasteiger partial charge >= 0.3 is 0 Å². The van der Waals surface area contributed by atoms with Crippen molar-refractivity contribution in [2.75, 3.05) is 31.5 Å². The van der Waals surface area contributed by atoms with E-state index in [4.69, 9.17) is 4.98 Å². The fourth-order valence-electron chi connectivity index (χ4n) is 4.11. The number of thiazole rings is 1. The highest BCUT2D eigenvalue weighted by molar-refractivity contribution is 7.21. The molecule has 0 unspecified atom stereocenters. The van der Waals surface area contributed by atoms with E-state index in [1.807, 2.05) is 55.5 Å². The fraction of sp³-hybridized carbons (Fsp3) is 0.231. The Morgan fingerprint density at radius 1 is 1.06 bits per heavy atom. The number of fused-ring (bicyclic) bond motifs is 1. The predicted octanol–water partition coefficient (Wildman–Crippen LogP) is 5.35. The number of benzene rings is 3. The van der Waals surface area contributed by atoms with Crippen molar-refractivity contribution in [3.8, 4) is 10.6 Å². The molecule has 0 radical (unpaired) electrons. The molecule has 1 amide bonds. The third-order valence-electron chi connectivity index (χ3n) is 5.86. The lowest BCUT2D eigenvalue weighted by Gasteiger charge is -2.27. The van der Waals surface area contributed by atoms with Crippen molar-refractivity contribution < 1.29 is 4.79 Å². The summed E-state index contributed by atoms with van der Waals surface area (Å²) in [6.45, 7) is 7.19. The van der Waals surface area contributed by atoms with Crippen molar-refractivity contribution in [1.82, 2.24) is 15.2 Å². The molecule has 2 N–H and O–H groups in total. The molecule has 170 valence electrons. The van der Waals surface area contributed by atoms with Crippen LogP contribution in [0.2, 0.25) is 0 Å². The van der Waals surface area contributed by atoms with Crippen LogP contribution in [0.5, 0.6) is 0 Å². The van der Waals surface area contributed by atoms with E-state index in [0.717, 1.165) is 60.1 Å². The summed E-state index contributed by atoms with van der Waals surface area (Å²) in [6, 6.07) is 22.1. The molecular formula is C26H27ClN4OS. The number of hydrogen-bond donors (Lipinski definition) is 2. The fourth-order valence-corrected chi connectivity index (χ4v) is 5.17. The summed E-state index contributed by atoms with van der Waals surface area (Å²) in [4.78, 5) is 20.2. The molecule has 7 heteroatoms. The maximum atomic E-state index is 12.9. The number of amides is 1. The lowest BCUT2D eigenvalue weighted by atomic mass is 10.1. The number of carbonyl (C=O) groups is 1. The van der Waals surface area contributed by atoms with Gasteiger partial charge in [-0.1, -0.05) is 36.4 Å². The molecule has 1 aromatic heterocycles. The number of carbonyl (C=O) groups excluding carboxylic acids is 1. The molecule has 1 fully saturated rings. The van der Waals surface area contributed by atoms with Crippen molar-refractivity contribution in [3.05, 3.63) is 83.4 Å². The first-order valence-corrected chi connectivity index (χ1v) is 11.8. The molecule has 1 aliphatic heterocycles. The Hall–Kier alpha value is -2.77. The van der Waals surface area contributed by atoms with E-state index in [1.54, 1.807) is 11.3 Å². The first-order chi connectivity index (χ1) is 15.7. The van der Waals surface area contributed by atoms with Crippen LogP contribution >= 0.6 is 23.7 Å². The normalized spacial score (nSPS) is 14.1. The Bertz CT molecular complexity index is 1270. The second kappa shape index (κ2) is 10.4. The highest BCUT2D eigenvalue weighted by Crippen LogP contribution is 2.35. The van der Waals surface area contributed by atoms with Gasteiger partial charge in [-0.15, -0.1) is 23.7 Å². The largest absolute Gasteiger partial charge is 0.321 e. The lowest BCUT2D eigenvalue weighted by molar-refractivity contribution is 0.102. The number of rotatable bonds is 5. The highest BCUT2D eigenvalue weighted by Gasteiger charge is 2.15. The smallest absolute Gasteiger partial charge is 0.255 e. The average Bonchev–Trinajstić information content (AvgIpc) is 3.23. The Balaban J connectivity index is 0.00000259. The second-order valence-electron chi connectivity index (χ2n) is 8.16. The number of anilines is 1. The van der Waals surface area contributed by atoms with Gasteiger partial charge in [0.15, 0.2) is 0 Å². The zero-order valence-corrected chi connectivity index (χ0v) is 20.1. The Morgan fingerprint density at radius 2 is 1.82 bits per heavy atom. The minimum Gasteiger partial charge on any atom is -0.321 e. The summed E-state index contributed by atoms with van der Waals surface area (Å²) in [5.74, 6) is -0.102. The third-order valence-corrected chi connectivity index (χ3v) is 6.92. The van der Waals surface area contributed by atoms with E-state index in [-0.39, 0.29) is 18.3 Å². The number of nitrogens with one attached hydrogen (secondary N) is 2. The summed E-state index contributed by atoms with van der Waals surface area (Å²) in [6.07, 6.45) is 0. The predicted molar refractivity (Wildman–Crippen MR) is 140 cm³/mol. The monoisotopic (exact) mass is 478 g/mol. The van der Waals surface area contributed by atoms with Crippen molar-refractivity contribution in [2.24, 2.45) is 0 Å². The van der Waals surface area contributed by atoms with Gasteiger partial charge in [0.2, 0.25) is 0 Å². The van der Waals surface area contributed by atoms with Crippen molar-refractivity contribution in [1.29, 1.82) is 0 Å². The zero-order chi connectivity index (χ0) is 21.9. The standard InChI is InChI=1S/C26H26N4OS.ClH/c1-18-6-2-3-7-20(18)25(31)28-22-9-5-4-8-21(22)26-29-23-11-10-19(16-24(23)32-26)17-30-14-12-27-13-15-30;/h2-11,16,27H,12-15,17H2,1H3,(H,28,31);1H. The Kier molecular flexibility index (Phi) is 7.40. The van der Waals surface area contributed by atoms with Gasteiger partial charge in [-0.2, -0.15) is 0 Å². The summed E-state index contributed by atoms with van der Waals surface area (Å²) in [5.41, 5.74) is 5.67. The molecule has 2 heterocycles. The quantitative estimate of drug-likeness (QED) is 0.406. The third kappa shape index (κ3) is 5.25. The SMILES string of the molecule is Cc1ccccc1C(=O)Nc1ccccc1-c1nc2ccc(CN3CCNCC3)cc2s1.Cl. The van der Waals surface area contributed by atoms with E-state index in [1.165, 1.54) is 10.3 Å². The number of hydrogen-bond acceptors (Lipinski definition) is 5. The summed E-state index contributed by atoms with van der Waals surface area (Å²) in [7, 11) is 0. The van der Waals surface area contributed by atoms with Gasteiger partial charge in [-0.25, -0.2) is 4.98 Å².